The Balaban J connectivity index is 1.13. The molecule has 4 heterocycles. The van der Waals surface area contributed by atoms with Crippen LogP contribution >= 0.6 is 0 Å². The fourth-order valence-electron chi connectivity index (χ4n) is 6.04. The number of aromatic nitrogens is 2. The van der Waals surface area contributed by atoms with Gasteiger partial charge in [-0.05, 0) is 48.1 Å². The third kappa shape index (κ3) is 5.10. The number of aromatic amines is 1. The topological polar surface area (TPSA) is 98.4 Å². The Morgan fingerprint density at radius 2 is 1.66 bits per heavy atom. The van der Waals surface area contributed by atoms with E-state index in [1.165, 1.54) is 0 Å². The van der Waals surface area contributed by atoms with Crippen LogP contribution < -0.4 is 5.32 Å². The number of carbonyl (C=O) groups excluding carboxylic acids is 3. The molecular formula is C33H35N5O3. The van der Waals surface area contributed by atoms with Gasteiger partial charge in [0.2, 0.25) is 5.91 Å². The number of pyridine rings is 1. The number of nitrogens with one attached hydrogen (secondary N) is 2. The molecule has 0 saturated carbocycles. The Hall–Kier alpha value is -4.46. The number of fused-ring (bicyclic) bond motifs is 3. The van der Waals surface area contributed by atoms with Crippen molar-refractivity contribution in [2.24, 2.45) is 5.41 Å². The maximum absolute atomic E-state index is 13.9. The number of hydrogen-bond acceptors (Lipinski definition) is 4. The summed E-state index contributed by atoms with van der Waals surface area (Å²) in [6, 6.07) is 20.6. The Kier molecular flexibility index (Phi) is 6.64. The second-order valence-electron chi connectivity index (χ2n) is 12.3. The lowest BCUT2D eigenvalue weighted by atomic mass is 9.85. The SMILES string of the molecule is Cc1ccc2cc(C(=O)N[C@H](C(=O)N3C[C@@H]4C[C@H]3CN4C(=O)c3ccc(-c4ccccc4)cn3)C(C)(C)C)[nH]c2c1. The van der Waals surface area contributed by atoms with Crippen LogP contribution in [0.4, 0.5) is 0 Å². The summed E-state index contributed by atoms with van der Waals surface area (Å²) in [6.45, 7) is 8.79. The minimum Gasteiger partial charge on any atom is -0.351 e. The van der Waals surface area contributed by atoms with Crippen LogP contribution in [0, 0.1) is 12.3 Å². The number of likely N-dealkylation sites (tertiary alicyclic amines) is 2. The molecule has 6 rings (SSSR count). The van der Waals surface area contributed by atoms with Crippen molar-refractivity contribution >= 4 is 28.6 Å². The fourth-order valence-corrected chi connectivity index (χ4v) is 6.04. The van der Waals surface area contributed by atoms with Crippen LogP contribution in [0.15, 0.2) is 72.9 Å². The highest BCUT2D eigenvalue weighted by molar-refractivity contribution is 6.00. The first kappa shape index (κ1) is 26.7. The van der Waals surface area contributed by atoms with Gasteiger partial charge in [-0.15, -0.1) is 0 Å². The Labute approximate surface area is 239 Å². The van der Waals surface area contributed by atoms with Crippen LogP contribution in [0.3, 0.4) is 0 Å². The van der Waals surface area contributed by atoms with Gasteiger partial charge >= 0.3 is 0 Å². The zero-order chi connectivity index (χ0) is 28.9. The van der Waals surface area contributed by atoms with Gasteiger partial charge in [-0.3, -0.25) is 19.4 Å². The van der Waals surface area contributed by atoms with Crippen molar-refractivity contribution in [3.8, 4) is 11.1 Å². The van der Waals surface area contributed by atoms with E-state index in [2.05, 4.69) is 15.3 Å². The highest BCUT2D eigenvalue weighted by Crippen LogP contribution is 2.34. The van der Waals surface area contributed by atoms with E-state index in [4.69, 9.17) is 0 Å². The normalized spacial score (nSPS) is 19.0. The molecule has 0 unspecified atom stereocenters. The maximum atomic E-state index is 13.9. The summed E-state index contributed by atoms with van der Waals surface area (Å²) in [5, 5.41) is 3.96. The Bertz CT molecular complexity index is 1620. The number of amides is 3. The predicted octanol–water partition coefficient (Wildman–Crippen LogP) is 4.81. The average molecular weight is 550 g/mol. The van der Waals surface area contributed by atoms with Crippen molar-refractivity contribution in [1.29, 1.82) is 0 Å². The Morgan fingerprint density at radius 1 is 0.927 bits per heavy atom. The van der Waals surface area contributed by atoms with Crippen molar-refractivity contribution in [2.45, 2.75) is 52.2 Å². The van der Waals surface area contributed by atoms with E-state index in [1.54, 1.807) is 12.3 Å². The van der Waals surface area contributed by atoms with Gasteiger partial charge in [-0.2, -0.15) is 0 Å². The monoisotopic (exact) mass is 549 g/mol. The number of H-pyrrole nitrogens is 1. The van der Waals surface area contributed by atoms with Gasteiger partial charge in [0.1, 0.15) is 17.4 Å². The maximum Gasteiger partial charge on any atom is 0.272 e. The number of aryl methyl sites for hydroxylation is 1. The van der Waals surface area contributed by atoms with Crippen molar-refractivity contribution < 1.29 is 14.4 Å². The summed E-state index contributed by atoms with van der Waals surface area (Å²) >= 11 is 0. The molecule has 2 aromatic carbocycles. The minimum atomic E-state index is -0.709. The second-order valence-corrected chi connectivity index (χ2v) is 12.3. The minimum absolute atomic E-state index is 0.0692. The molecule has 3 amide bonds. The lowest BCUT2D eigenvalue weighted by Gasteiger charge is -2.39. The first-order valence-electron chi connectivity index (χ1n) is 14.1. The first-order chi connectivity index (χ1) is 19.6. The number of benzene rings is 2. The van der Waals surface area contributed by atoms with E-state index < -0.39 is 11.5 Å². The van der Waals surface area contributed by atoms with E-state index in [9.17, 15) is 14.4 Å². The molecular weight excluding hydrogens is 514 g/mol. The molecule has 2 fully saturated rings. The second kappa shape index (κ2) is 10.2. The summed E-state index contributed by atoms with van der Waals surface area (Å²) in [6.07, 6.45) is 2.46. The summed E-state index contributed by atoms with van der Waals surface area (Å²) in [5.74, 6) is -0.528. The molecule has 210 valence electrons. The summed E-state index contributed by atoms with van der Waals surface area (Å²) < 4.78 is 0. The van der Waals surface area contributed by atoms with E-state index in [0.29, 0.717) is 24.5 Å². The highest BCUT2D eigenvalue weighted by Gasteiger charge is 2.50. The molecule has 8 heteroatoms. The molecule has 0 radical (unpaired) electrons. The quantitative estimate of drug-likeness (QED) is 0.373. The molecule has 41 heavy (non-hydrogen) atoms. The summed E-state index contributed by atoms with van der Waals surface area (Å²) in [5.41, 5.74) is 4.33. The smallest absolute Gasteiger partial charge is 0.272 e. The van der Waals surface area contributed by atoms with Crippen LogP contribution in [-0.2, 0) is 4.79 Å². The molecule has 0 spiro atoms. The molecule has 3 atom stereocenters. The molecule has 8 nitrogen and oxygen atoms in total. The van der Waals surface area contributed by atoms with Gasteiger partial charge in [-0.25, -0.2) is 0 Å². The molecule has 2 bridgehead atoms. The number of nitrogens with zero attached hydrogens (tertiary/aromatic N) is 3. The largest absolute Gasteiger partial charge is 0.351 e. The van der Waals surface area contributed by atoms with Crippen LogP contribution in [0.1, 0.15) is 53.7 Å². The third-order valence-electron chi connectivity index (χ3n) is 8.29. The number of hydrogen-bond donors (Lipinski definition) is 2. The zero-order valence-electron chi connectivity index (χ0n) is 23.8. The van der Waals surface area contributed by atoms with Crippen LogP contribution in [-0.4, -0.2) is 68.7 Å². The fraction of sp³-hybridized carbons (Fsp3) is 0.333. The van der Waals surface area contributed by atoms with Gasteiger partial charge in [0, 0.05) is 35.8 Å². The van der Waals surface area contributed by atoms with E-state index >= 15 is 0 Å². The van der Waals surface area contributed by atoms with Gasteiger partial charge in [0.25, 0.3) is 11.8 Å². The van der Waals surface area contributed by atoms with E-state index in [1.807, 2.05) is 98.2 Å². The number of carbonyl (C=O) groups is 3. The lowest BCUT2D eigenvalue weighted by Crippen LogP contribution is -2.59. The molecule has 2 aliphatic rings. The van der Waals surface area contributed by atoms with Crippen LogP contribution in [0.2, 0.25) is 0 Å². The van der Waals surface area contributed by atoms with Crippen molar-refractivity contribution in [3.63, 3.8) is 0 Å². The highest BCUT2D eigenvalue weighted by atomic mass is 16.2. The molecule has 2 saturated heterocycles. The molecule has 2 aliphatic heterocycles. The predicted molar refractivity (Wildman–Crippen MR) is 158 cm³/mol. The van der Waals surface area contributed by atoms with E-state index in [0.717, 1.165) is 34.0 Å². The van der Waals surface area contributed by atoms with Crippen molar-refractivity contribution in [2.75, 3.05) is 13.1 Å². The molecule has 0 aliphatic carbocycles. The average Bonchev–Trinajstić information content (AvgIpc) is 3.69. The van der Waals surface area contributed by atoms with Gasteiger partial charge in [0.05, 0.1) is 12.1 Å². The Morgan fingerprint density at radius 3 is 2.32 bits per heavy atom. The van der Waals surface area contributed by atoms with Crippen LogP contribution in [0.5, 0.6) is 0 Å². The van der Waals surface area contributed by atoms with Crippen molar-refractivity contribution in [1.82, 2.24) is 25.1 Å². The van der Waals surface area contributed by atoms with Gasteiger partial charge in [-0.1, -0.05) is 69.3 Å². The lowest BCUT2D eigenvalue weighted by molar-refractivity contribution is -0.138. The van der Waals surface area contributed by atoms with E-state index in [-0.39, 0.29) is 29.8 Å². The molecule has 2 aromatic heterocycles. The third-order valence-corrected chi connectivity index (χ3v) is 8.29. The number of piperazine rings is 1. The standard InChI is InChI=1S/C33H35N5O3/c1-20-10-11-22-15-28(35-27(22)14-20)30(39)36-29(33(2,3)4)32(41)38-19-24-16-25(38)18-37(24)31(40)26-13-12-23(17-34-26)21-8-6-5-7-9-21/h5-15,17,24-25,29,35H,16,18-19H2,1-4H3,(H,36,39)/t24-,25-,29+/m0/s1. The van der Waals surface area contributed by atoms with Gasteiger partial charge < -0.3 is 20.1 Å². The zero-order valence-corrected chi connectivity index (χ0v) is 23.8. The summed E-state index contributed by atoms with van der Waals surface area (Å²) in [4.78, 5) is 51.8. The first-order valence-corrected chi connectivity index (χ1v) is 14.1. The number of rotatable bonds is 5. The van der Waals surface area contributed by atoms with Crippen LogP contribution in [0.25, 0.3) is 22.0 Å². The van der Waals surface area contributed by atoms with Crippen molar-refractivity contribution in [3.05, 3.63) is 89.9 Å². The van der Waals surface area contributed by atoms with Gasteiger partial charge in [0.15, 0.2) is 0 Å². The summed E-state index contributed by atoms with van der Waals surface area (Å²) in [7, 11) is 0. The molecule has 2 N–H and O–H groups in total. The molecule has 4 aromatic rings.